The summed E-state index contributed by atoms with van der Waals surface area (Å²) in [5.74, 6) is 3.15. The minimum atomic E-state index is 0. The van der Waals surface area contributed by atoms with Crippen LogP contribution in [0.5, 0.6) is 0 Å². The predicted octanol–water partition coefficient (Wildman–Crippen LogP) is 3.69. The summed E-state index contributed by atoms with van der Waals surface area (Å²) >= 11 is 0. The molecular weight excluding hydrogens is 439 g/mol. The number of unbranched alkanes of at least 4 members (excludes halogenated alkanes) is 3. The van der Waals surface area contributed by atoms with Gasteiger partial charge in [0.1, 0.15) is 11.6 Å². The fourth-order valence-corrected chi connectivity index (χ4v) is 3.40. The predicted molar refractivity (Wildman–Crippen MR) is 119 cm³/mol. The lowest BCUT2D eigenvalue weighted by Crippen LogP contribution is -2.43. The SMILES string of the molecule is CCCCCCC(C)NC(=NC)NCCc1nnc2n1CCCCC2.I. The van der Waals surface area contributed by atoms with E-state index in [1.165, 1.54) is 51.4 Å². The molecule has 1 aliphatic heterocycles. The molecule has 2 heterocycles. The molecule has 1 aromatic rings. The molecule has 0 radical (unpaired) electrons. The monoisotopic (exact) mass is 476 g/mol. The number of aryl methyl sites for hydroxylation is 1. The van der Waals surface area contributed by atoms with Gasteiger partial charge in [-0.3, -0.25) is 4.99 Å². The van der Waals surface area contributed by atoms with Crippen LogP contribution in [0.25, 0.3) is 0 Å². The molecule has 7 heteroatoms. The molecule has 0 saturated carbocycles. The Morgan fingerprint density at radius 3 is 2.81 bits per heavy atom. The first-order valence-corrected chi connectivity index (χ1v) is 10.1. The second-order valence-corrected chi connectivity index (χ2v) is 7.14. The molecule has 0 aliphatic carbocycles. The van der Waals surface area contributed by atoms with Gasteiger partial charge in [-0.1, -0.05) is 39.0 Å². The highest BCUT2D eigenvalue weighted by Crippen LogP contribution is 2.14. The van der Waals surface area contributed by atoms with Crippen molar-refractivity contribution in [3.63, 3.8) is 0 Å². The highest BCUT2D eigenvalue weighted by atomic mass is 127. The molecule has 1 atom stereocenters. The molecule has 26 heavy (non-hydrogen) atoms. The van der Waals surface area contributed by atoms with E-state index >= 15 is 0 Å². The molecule has 0 spiro atoms. The summed E-state index contributed by atoms with van der Waals surface area (Å²) in [5.41, 5.74) is 0. The van der Waals surface area contributed by atoms with Gasteiger partial charge in [-0.2, -0.15) is 0 Å². The molecule has 0 amide bonds. The van der Waals surface area contributed by atoms with E-state index in [1.807, 2.05) is 7.05 Å². The van der Waals surface area contributed by atoms with Gasteiger partial charge in [0.2, 0.25) is 0 Å². The maximum Gasteiger partial charge on any atom is 0.191 e. The van der Waals surface area contributed by atoms with Gasteiger partial charge in [-0.15, -0.1) is 34.2 Å². The number of aliphatic imine (C=N–C) groups is 1. The topological polar surface area (TPSA) is 67.1 Å². The van der Waals surface area contributed by atoms with Crippen LogP contribution in [-0.2, 0) is 19.4 Å². The zero-order valence-electron chi connectivity index (χ0n) is 16.8. The summed E-state index contributed by atoms with van der Waals surface area (Å²) in [7, 11) is 1.84. The van der Waals surface area contributed by atoms with Crippen LogP contribution in [0.4, 0.5) is 0 Å². The molecule has 1 unspecified atom stereocenters. The maximum atomic E-state index is 4.39. The number of guanidine groups is 1. The van der Waals surface area contributed by atoms with Gasteiger partial charge < -0.3 is 15.2 Å². The molecule has 0 bridgehead atoms. The van der Waals surface area contributed by atoms with Gasteiger partial charge >= 0.3 is 0 Å². The van der Waals surface area contributed by atoms with Crippen LogP contribution < -0.4 is 10.6 Å². The smallest absolute Gasteiger partial charge is 0.191 e. The summed E-state index contributed by atoms with van der Waals surface area (Å²) in [6.07, 6.45) is 12.2. The number of rotatable bonds is 9. The first-order valence-electron chi connectivity index (χ1n) is 10.1. The molecule has 1 aliphatic rings. The van der Waals surface area contributed by atoms with E-state index in [1.54, 1.807) is 0 Å². The van der Waals surface area contributed by atoms with Crippen LogP contribution in [0.2, 0.25) is 0 Å². The number of nitrogens with zero attached hydrogens (tertiary/aromatic N) is 4. The van der Waals surface area contributed by atoms with Gasteiger partial charge in [-0.05, 0) is 26.2 Å². The lowest BCUT2D eigenvalue weighted by molar-refractivity contribution is 0.536. The Balaban J connectivity index is 0.00000338. The minimum Gasteiger partial charge on any atom is -0.356 e. The molecule has 0 fully saturated rings. The van der Waals surface area contributed by atoms with Gasteiger partial charge in [0.05, 0.1) is 0 Å². The fourth-order valence-electron chi connectivity index (χ4n) is 3.40. The Morgan fingerprint density at radius 2 is 2.04 bits per heavy atom. The van der Waals surface area contributed by atoms with Crippen LogP contribution in [0.3, 0.4) is 0 Å². The summed E-state index contributed by atoms with van der Waals surface area (Å²) in [4.78, 5) is 4.35. The Labute approximate surface area is 176 Å². The average molecular weight is 476 g/mol. The van der Waals surface area contributed by atoms with E-state index in [2.05, 4.69) is 44.2 Å². The van der Waals surface area contributed by atoms with Crippen LogP contribution in [0.15, 0.2) is 4.99 Å². The van der Waals surface area contributed by atoms with Crippen molar-refractivity contribution in [2.75, 3.05) is 13.6 Å². The van der Waals surface area contributed by atoms with Crippen LogP contribution >= 0.6 is 24.0 Å². The van der Waals surface area contributed by atoms with E-state index < -0.39 is 0 Å². The fraction of sp³-hybridized carbons (Fsp3) is 0.842. The number of nitrogens with one attached hydrogen (secondary N) is 2. The quantitative estimate of drug-likeness (QED) is 0.247. The van der Waals surface area contributed by atoms with Gasteiger partial charge in [0, 0.05) is 39.0 Å². The minimum absolute atomic E-state index is 0. The molecule has 6 nitrogen and oxygen atoms in total. The molecule has 0 saturated heterocycles. The van der Waals surface area contributed by atoms with Crippen LogP contribution in [0.1, 0.15) is 76.9 Å². The highest BCUT2D eigenvalue weighted by Gasteiger charge is 2.14. The van der Waals surface area contributed by atoms with Crippen molar-refractivity contribution < 1.29 is 0 Å². The Bertz CT molecular complexity index is 528. The third-order valence-corrected chi connectivity index (χ3v) is 4.92. The Kier molecular flexibility index (Phi) is 11.9. The largest absolute Gasteiger partial charge is 0.356 e. The van der Waals surface area contributed by atoms with Crippen LogP contribution in [0, 0.1) is 0 Å². The van der Waals surface area contributed by atoms with E-state index in [0.717, 1.165) is 43.5 Å². The maximum absolute atomic E-state index is 4.39. The number of aromatic nitrogens is 3. The molecule has 150 valence electrons. The molecular formula is C19H37IN6. The number of fused-ring (bicyclic) bond motifs is 1. The molecule has 2 rings (SSSR count). The van der Waals surface area contributed by atoms with Gasteiger partial charge in [-0.25, -0.2) is 0 Å². The van der Waals surface area contributed by atoms with E-state index in [4.69, 9.17) is 0 Å². The molecule has 1 aromatic heterocycles. The number of hydrogen-bond acceptors (Lipinski definition) is 3. The summed E-state index contributed by atoms with van der Waals surface area (Å²) in [6, 6.07) is 0.451. The lowest BCUT2D eigenvalue weighted by Gasteiger charge is -2.18. The summed E-state index contributed by atoms with van der Waals surface area (Å²) in [5, 5.41) is 15.7. The third-order valence-electron chi connectivity index (χ3n) is 4.92. The standard InChI is InChI=1S/C19H36N6.HI/c1-4-5-6-8-11-16(2)22-19(20-3)21-14-13-18-24-23-17-12-9-7-10-15-25(17)18;/h16H,4-15H2,1-3H3,(H2,20,21,22);1H. The average Bonchev–Trinajstić information content (AvgIpc) is 2.84. The van der Waals surface area contributed by atoms with Gasteiger partial charge in [0.15, 0.2) is 5.96 Å². The highest BCUT2D eigenvalue weighted by molar-refractivity contribution is 14.0. The Morgan fingerprint density at radius 1 is 1.19 bits per heavy atom. The zero-order valence-corrected chi connectivity index (χ0v) is 19.1. The second-order valence-electron chi connectivity index (χ2n) is 7.14. The lowest BCUT2D eigenvalue weighted by atomic mass is 10.1. The second kappa shape index (κ2) is 13.3. The summed E-state index contributed by atoms with van der Waals surface area (Å²) < 4.78 is 2.32. The first-order chi connectivity index (χ1) is 12.2. The van der Waals surface area contributed by atoms with Gasteiger partial charge in [0.25, 0.3) is 0 Å². The molecule has 0 aromatic carbocycles. The first kappa shape index (κ1) is 23.2. The molecule has 2 N–H and O–H groups in total. The van der Waals surface area contributed by atoms with Crippen molar-refractivity contribution in [3.8, 4) is 0 Å². The van der Waals surface area contributed by atoms with Crippen molar-refractivity contribution >= 4 is 29.9 Å². The number of halogens is 1. The number of hydrogen-bond donors (Lipinski definition) is 2. The van der Waals surface area contributed by atoms with Crippen molar-refractivity contribution in [2.24, 2.45) is 4.99 Å². The van der Waals surface area contributed by atoms with Crippen molar-refractivity contribution in [1.29, 1.82) is 0 Å². The van der Waals surface area contributed by atoms with E-state index in [0.29, 0.717) is 6.04 Å². The van der Waals surface area contributed by atoms with Crippen LogP contribution in [-0.4, -0.2) is 40.4 Å². The van der Waals surface area contributed by atoms with Crippen molar-refractivity contribution in [3.05, 3.63) is 11.6 Å². The van der Waals surface area contributed by atoms with E-state index in [9.17, 15) is 0 Å². The zero-order chi connectivity index (χ0) is 17.9. The Hall–Kier alpha value is -0.860. The normalized spacial score (nSPS) is 15.6. The summed E-state index contributed by atoms with van der Waals surface area (Å²) in [6.45, 7) is 6.39. The van der Waals surface area contributed by atoms with Crippen molar-refractivity contribution in [1.82, 2.24) is 25.4 Å². The van der Waals surface area contributed by atoms with Crippen molar-refractivity contribution in [2.45, 2.75) is 90.6 Å². The van der Waals surface area contributed by atoms with E-state index in [-0.39, 0.29) is 24.0 Å². The third kappa shape index (κ3) is 7.80.